The van der Waals surface area contributed by atoms with E-state index in [2.05, 4.69) is 15.7 Å². The molecule has 0 spiro atoms. The molecule has 0 bridgehead atoms. The molecule has 9 nitrogen and oxygen atoms in total. The van der Waals surface area contributed by atoms with E-state index in [0.29, 0.717) is 30.0 Å². The fourth-order valence-electron chi connectivity index (χ4n) is 4.62. The topological polar surface area (TPSA) is 94.1 Å². The molecule has 0 fully saturated rings. The fraction of sp³-hybridized carbons (Fsp3) is 0.241. The lowest BCUT2D eigenvalue weighted by molar-refractivity contribution is -0.917. The van der Waals surface area contributed by atoms with Crippen molar-refractivity contribution in [1.29, 1.82) is 0 Å². The molecule has 1 heterocycles. The van der Waals surface area contributed by atoms with Gasteiger partial charge in [-0.05, 0) is 50.2 Å². The molecular formula is C29H33N6O3+. The highest BCUT2D eigenvalue weighted by Crippen LogP contribution is 2.36. The van der Waals surface area contributed by atoms with Gasteiger partial charge in [0.15, 0.2) is 5.84 Å². The summed E-state index contributed by atoms with van der Waals surface area (Å²) in [5.74, 6) is -1.41. The van der Waals surface area contributed by atoms with Crippen LogP contribution in [0.2, 0.25) is 0 Å². The van der Waals surface area contributed by atoms with Gasteiger partial charge in [-0.25, -0.2) is 4.59 Å². The second-order valence-corrected chi connectivity index (χ2v) is 9.23. The highest BCUT2D eigenvalue weighted by molar-refractivity contribution is 6.28. The number of amides is 3. The quantitative estimate of drug-likeness (QED) is 0.274. The lowest BCUT2D eigenvalue weighted by Gasteiger charge is -2.50. The Morgan fingerprint density at radius 2 is 1.42 bits per heavy atom. The number of anilines is 2. The zero-order chi connectivity index (χ0) is 27.3. The van der Waals surface area contributed by atoms with Crippen LogP contribution in [-0.2, 0) is 9.59 Å². The third kappa shape index (κ3) is 4.76. The fourth-order valence-corrected chi connectivity index (χ4v) is 4.62. The molecule has 1 unspecified atom stereocenters. The van der Waals surface area contributed by atoms with Crippen molar-refractivity contribution in [2.45, 2.75) is 26.4 Å². The van der Waals surface area contributed by atoms with Crippen LogP contribution in [0.1, 0.15) is 31.1 Å². The van der Waals surface area contributed by atoms with E-state index in [9.17, 15) is 14.4 Å². The number of rotatable bonds is 8. The maximum atomic E-state index is 14.6. The van der Waals surface area contributed by atoms with Gasteiger partial charge in [-0.15, -0.1) is 5.10 Å². The first kappa shape index (κ1) is 26.6. The Hall–Kier alpha value is -4.50. The number of amidine groups is 1. The SMILES string of the molecule is CC[N+](C)(CC)N(c1ccccc1)C1(NC(C)=O)C(=O)N(c2ccccc2)N=C1NC(=O)c1ccccc1. The average Bonchev–Trinajstić information content (AvgIpc) is 3.20. The van der Waals surface area contributed by atoms with Gasteiger partial charge in [0.25, 0.3) is 5.91 Å². The third-order valence-electron chi connectivity index (χ3n) is 6.83. The number of hydrazone groups is 1. The first-order valence-corrected chi connectivity index (χ1v) is 12.6. The van der Waals surface area contributed by atoms with Gasteiger partial charge in [0.2, 0.25) is 5.91 Å². The second kappa shape index (κ2) is 10.9. The van der Waals surface area contributed by atoms with Crippen LogP contribution in [0.4, 0.5) is 11.4 Å². The van der Waals surface area contributed by atoms with Crippen LogP contribution in [0, 0.1) is 0 Å². The molecule has 9 heteroatoms. The molecule has 1 atom stereocenters. The number of carbonyl (C=O) groups excluding carboxylic acids is 3. The maximum Gasteiger partial charge on any atom is 0.307 e. The van der Waals surface area contributed by atoms with Crippen molar-refractivity contribution < 1.29 is 19.0 Å². The lowest BCUT2D eigenvalue weighted by atomic mass is 10.0. The summed E-state index contributed by atoms with van der Waals surface area (Å²) in [6.07, 6.45) is 0. The summed E-state index contributed by atoms with van der Waals surface area (Å²) in [6.45, 7) is 6.54. The standard InChI is InChI=1S/C29H32N6O3/c1-5-35(4,6-2)34(25-20-14-9-15-21-25)29(31-22(3)36)27(30-26(37)23-16-10-7-11-17-23)32-33(28(29)38)24-18-12-8-13-19-24/h7-21H,5-6H2,1-4H3,(H-,30,31,32,36,37)/p+1. The smallest absolute Gasteiger partial charge is 0.307 e. The minimum absolute atomic E-state index is 0.00510. The Labute approximate surface area is 222 Å². The monoisotopic (exact) mass is 513 g/mol. The van der Waals surface area contributed by atoms with Crippen LogP contribution < -0.4 is 20.7 Å². The molecule has 2 N–H and O–H groups in total. The lowest BCUT2D eigenvalue weighted by Crippen LogP contribution is -2.79. The molecule has 3 aromatic rings. The summed E-state index contributed by atoms with van der Waals surface area (Å²) < 4.78 is 0.235. The highest BCUT2D eigenvalue weighted by atomic mass is 16.2. The van der Waals surface area contributed by atoms with Crippen molar-refractivity contribution in [2.75, 3.05) is 30.2 Å². The molecule has 196 valence electrons. The van der Waals surface area contributed by atoms with E-state index in [-0.39, 0.29) is 10.4 Å². The zero-order valence-corrected chi connectivity index (χ0v) is 22.1. The molecule has 1 aliphatic heterocycles. The molecule has 0 radical (unpaired) electrons. The number of benzene rings is 3. The third-order valence-corrected chi connectivity index (χ3v) is 6.83. The number of hydrogen-bond donors (Lipinski definition) is 2. The Kier molecular flexibility index (Phi) is 7.59. The molecule has 3 aromatic carbocycles. The molecule has 0 saturated carbocycles. The molecule has 3 amide bonds. The molecule has 0 aromatic heterocycles. The van der Waals surface area contributed by atoms with Gasteiger partial charge >= 0.3 is 11.6 Å². The summed E-state index contributed by atoms with van der Waals surface area (Å²) in [5.41, 5.74) is -0.273. The van der Waals surface area contributed by atoms with Crippen molar-refractivity contribution in [3.8, 4) is 0 Å². The summed E-state index contributed by atoms with van der Waals surface area (Å²) >= 11 is 0. The molecule has 4 rings (SSSR count). The van der Waals surface area contributed by atoms with Crippen LogP contribution in [-0.4, -0.2) is 53.9 Å². The number of para-hydroxylation sites is 2. The number of carbonyl (C=O) groups is 3. The minimum atomic E-state index is -1.85. The van der Waals surface area contributed by atoms with Crippen molar-refractivity contribution in [2.24, 2.45) is 5.10 Å². The summed E-state index contributed by atoms with van der Waals surface area (Å²) in [6, 6.07) is 27.0. The van der Waals surface area contributed by atoms with E-state index in [4.69, 9.17) is 0 Å². The average molecular weight is 514 g/mol. The van der Waals surface area contributed by atoms with Gasteiger partial charge in [0.1, 0.15) is 0 Å². The number of quaternary nitrogens is 1. The molecule has 0 aliphatic carbocycles. The normalized spacial score (nSPS) is 17.1. The van der Waals surface area contributed by atoms with Crippen LogP contribution in [0.3, 0.4) is 0 Å². The van der Waals surface area contributed by atoms with E-state index in [1.807, 2.05) is 68.4 Å². The summed E-state index contributed by atoms with van der Waals surface area (Å²) in [7, 11) is 1.98. The second-order valence-electron chi connectivity index (χ2n) is 9.23. The molecule has 38 heavy (non-hydrogen) atoms. The Morgan fingerprint density at radius 1 is 0.895 bits per heavy atom. The van der Waals surface area contributed by atoms with Gasteiger partial charge < -0.3 is 10.6 Å². The van der Waals surface area contributed by atoms with E-state index in [1.165, 1.54) is 11.9 Å². The first-order chi connectivity index (χ1) is 18.3. The van der Waals surface area contributed by atoms with Gasteiger partial charge in [-0.3, -0.25) is 14.4 Å². The van der Waals surface area contributed by atoms with E-state index in [1.54, 1.807) is 48.5 Å². The van der Waals surface area contributed by atoms with Crippen molar-refractivity contribution in [1.82, 2.24) is 10.6 Å². The van der Waals surface area contributed by atoms with Crippen molar-refractivity contribution in [3.63, 3.8) is 0 Å². The largest absolute Gasteiger partial charge is 0.315 e. The predicted molar refractivity (Wildman–Crippen MR) is 148 cm³/mol. The highest BCUT2D eigenvalue weighted by Gasteiger charge is 2.63. The van der Waals surface area contributed by atoms with E-state index in [0.717, 1.165) is 0 Å². The number of hydrogen-bond acceptors (Lipinski definition) is 5. The Bertz CT molecular complexity index is 1330. The molecule has 0 saturated heterocycles. The van der Waals surface area contributed by atoms with Gasteiger partial charge in [-0.2, -0.15) is 10.0 Å². The van der Waals surface area contributed by atoms with Gasteiger partial charge in [0.05, 0.1) is 31.5 Å². The van der Waals surface area contributed by atoms with Crippen LogP contribution in [0.5, 0.6) is 0 Å². The number of nitrogens with zero attached hydrogens (tertiary/aromatic N) is 4. The van der Waals surface area contributed by atoms with Crippen molar-refractivity contribution in [3.05, 3.63) is 96.6 Å². The van der Waals surface area contributed by atoms with Crippen LogP contribution >= 0.6 is 0 Å². The molecule has 1 aliphatic rings. The summed E-state index contributed by atoms with van der Waals surface area (Å²) in [4.78, 5) is 40.8. The van der Waals surface area contributed by atoms with Crippen LogP contribution in [0.25, 0.3) is 0 Å². The van der Waals surface area contributed by atoms with Crippen molar-refractivity contribution >= 4 is 34.9 Å². The van der Waals surface area contributed by atoms with E-state index < -0.39 is 23.4 Å². The minimum Gasteiger partial charge on any atom is -0.315 e. The van der Waals surface area contributed by atoms with E-state index >= 15 is 0 Å². The first-order valence-electron chi connectivity index (χ1n) is 12.6. The zero-order valence-electron chi connectivity index (χ0n) is 22.1. The van der Waals surface area contributed by atoms with Gasteiger partial charge in [-0.1, -0.05) is 54.6 Å². The Balaban J connectivity index is 1.99. The Morgan fingerprint density at radius 3 is 1.95 bits per heavy atom. The predicted octanol–water partition coefficient (Wildman–Crippen LogP) is 3.52. The maximum absolute atomic E-state index is 14.6. The molecular weight excluding hydrogens is 480 g/mol. The summed E-state index contributed by atoms with van der Waals surface area (Å²) in [5, 5.41) is 13.5. The van der Waals surface area contributed by atoms with Crippen LogP contribution in [0.15, 0.2) is 96.1 Å². The van der Waals surface area contributed by atoms with Gasteiger partial charge in [0, 0.05) is 12.5 Å². The number of nitrogens with one attached hydrogen (secondary N) is 2.